The number of carboxylic acid groups (broad SMARTS) is 1. The molecule has 2 fully saturated rings. The smallest absolute Gasteiger partial charge is 0.449 e. The molecule has 2 aromatic rings. The van der Waals surface area contributed by atoms with E-state index in [4.69, 9.17) is 14.2 Å². The van der Waals surface area contributed by atoms with Gasteiger partial charge in [0.1, 0.15) is 5.75 Å². The van der Waals surface area contributed by atoms with Gasteiger partial charge in [0.15, 0.2) is 0 Å². The molecule has 0 spiro atoms. The molecule has 4 rings (SSSR count). The molecule has 1 N–H and O–H groups in total. The molecule has 2 aliphatic heterocycles. The lowest BCUT2D eigenvalue weighted by Gasteiger charge is -2.36. The Kier molecular flexibility index (Phi) is 7.85. The summed E-state index contributed by atoms with van der Waals surface area (Å²) in [6.45, 7) is 10.8. The molecular weight excluding hydrogens is 420 g/mol. The van der Waals surface area contributed by atoms with E-state index in [0.29, 0.717) is 11.8 Å². The molecule has 0 amide bonds. The van der Waals surface area contributed by atoms with Gasteiger partial charge in [-0.1, -0.05) is 24.3 Å². The molecule has 0 unspecified atom stereocenters. The van der Waals surface area contributed by atoms with E-state index in [-0.39, 0.29) is 0 Å². The summed E-state index contributed by atoms with van der Waals surface area (Å²) < 4.78 is 16.2. The number of rotatable bonds is 7. The summed E-state index contributed by atoms with van der Waals surface area (Å²) in [4.78, 5) is 16.2. The van der Waals surface area contributed by atoms with Crippen LogP contribution in [0.25, 0.3) is 11.1 Å². The number of benzene rings is 2. The SMILES string of the molecule is CCN(c1cc(-c2ccc(CN3CCOCC3)cc2)cc(OC(=O)O)c1C)C1CCOCC1. The average molecular weight is 455 g/mol. The first-order valence-corrected chi connectivity index (χ1v) is 11.8. The highest BCUT2D eigenvalue weighted by molar-refractivity contribution is 5.76. The van der Waals surface area contributed by atoms with E-state index in [1.165, 1.54) is 5.56 Å². The summed E-state index contributed by atoms with van der Waals surface area (Å²) in [5.74, 6) is 0.387. The van der Waals surface area contributed by atoms with E-state index in [1.54, 1.807) is 0 Å². The summed E-state index contributed by atoms with van der Waals surface area (Å²) in [6.07, 6.45) is 0.627. The van der Waals surface area contributed by atoms with Crippen molar-refractivity contribution < 1.29 is 24.1 Å². The maximum atomic E-state index is 11.4. The molecule has 0 bridgehead atoms. The highest BCUT2D eigenvalue weighted by atomic mass is 16.7. The molecule has 178 valence electrons. The van der Waals surface area contributed by atoms with Gasteiger partial charge in [-0.2, -0.15) is 0 Å². The van der Waals surface area contributed by atoms with E-state index in [9.17, 15) is 9.90 Å². The van der Waals surface area contributed by atoms with Crippen LogP contribution in [-0.2, 0) is 16.0 Å². The van der Waals surface area contributed by atoms with Gasteiger partial charge in [0, 0.05) is 56.7 Å². The zero-order valence-corrected chi connectivity index (χ0v) is 19.6. The Morgan fingerprint density at radius 1 is 1.06 bits per heavy atom. The van der Waals surface area contributed by atoms with Gasteiger partial charge in [0.25, 0.3) is 0 Å². The maximum Gasteiger partial charge on any atom is 0.511 e. The van der Waals surface area contributed by atoms with Crippen LogP contribution in [0.4, 0.5) is 10.5 Å². The molecule has 7 heteroatoms. The van der Waals surface area contributed by atoms with Crippen molar-refractivity contribution >= 4 is 11.8 Å². The number of hydrogen-bond acceptors (Lipinski definition) is 6. The van der Waals surface area contributed by atoms with Gasteiger partial charge in [-0.15, -0.1) is 0 Å². The van der Waals surface area contributed by atoms with Gasteiger partial charge in [0.05, 0.1) is 13.2 Å². The number of ether oxygens (including phenoxy) is 3. The third-order valence-electron chi connectivity index (χ3n) is 6.61. The van der Waals surface area contributed by atoms with Crippen molar-refractivity contribution in [2.45, 2.75) is 39.3 Å². The van der Waals surface area contributed by atoms with Crippen molar-refractivity contribution in [3.8, 4) is 16.9 Å². The van der Waals surface area contributed by atoms with Crippen molar-refractivity contribution in [1.29, 1.82) is 0 Å². The van der Waals surface area contributed by atoms with Crippen LogP contribution < -0.4 is 9.64 Å². The second-order valence-electron chi connectivity index (χ2n) is 8.70. The fraction of sp³-hybridized carbons (Fsp3) is 0.500. The second-order valence-corrected chi connectivity index (χ2v) is 8.70. The van der Waals surface area contributed by atoms with E-state index in [2.05, 4.69) is 47.1 Å². The first-order chi connectivity index (χ1) is 16.0. The molecule has 7 nitrogen and oxygen atoms in total. The fourth-order valence-electron chi connectivity index (χ4n) is 4.78. The number of morpholine rings is 1. The number of anilines is 1. The van der Waals surface area contributed by atoms with Crippen molar-refractivity contribution in [2.75, 3.05) is 51.0 Å². The number of nitrogens with zero attached hydrogens (tertiary/aromatic N) is 2. The Balaban J connectivity index is 1.63. The van der Waals surface area contributed by atoms with E-state index < -0.39 is 6.16 Å². The predicted molar refractivity (Wildman–Crippen MR) is 128 cm³/mol. The lowest BCUT2D eigenvalue weighted by atomic mass is 9.98. The van der Waals surface area contributed by atoms with Crippen molar-refractivity contribution in [2.24, 2.45) is 0 Å². The second kappa shape index (κ2) is 11.0. The van der Waals surface area contributed by atoms with E-state index in [1.807, 2.05) is 13.0 Å². The molecule has 0 aromatic heterocycles. The standard InChI is InChI=1S/C26H34N2O5/c1-3-28(23-8-12-31-13-9-23)24-16-22(17-25(19(24)2)33-26(29)30)21-6-4-20(5-7-21)18-27-10-14-32-15-11-27/h4-7,16-17,23H,3,8-15,18H2,1-2H3,(H,29,30). The summed E-state index contributed by atoms with van der Waals surface area (Å²) in [6, 6.07) is 12.9. The summed E-state index contributed by atoms with van der Waals surface area (Å²) in [5.41, 5.74) is 5.12. The van der Waals surface area contributed by atoms with Crippen LogP contribution in [0.2, 0.25) is 0 Å². The molecular formula is C26H34N2O5. The molecule has 0 radical (unpaired) electrons. The molecule has 0 saturated carbocycles. The zero-order valence-electron chi connectivity index (χ0n) is 19.6. The Bertz CT molecular complexity index is 934. The minimum atomic E-state index is -1.30. The van der Waals surface area contributed by atoms with E-state index >= 15 is 0 Å². The predicted octanol–water partition coefficient (Wildman–Crippen LogP) is 4.56. The van der Waals surface area contributed by atoms with Crippen LogP contribution in [-0.4, -0.2) is 68.3 Å². The maximum absolute atomic E-state index is 11.4. The zero-order chi connectivity index (χ0) is 23.2. The van der Waals surface area contributed by atoms with Crippen molar-refractivity contribution in [3.05, 3.63) is 47.5 Å². The van der Waals surface area contributed by atoms with Crippen LogP contribution in [0, 0.1) is 6.92 Å². The normalized spacial score (nSPS) is 17.6. The number of carbonyl (C=O) groups is 1. The highest BCUT2D eigenvalue weighted by Gasteiger charge is 2.24. The summed E-state index contributed by atoms with van der Waals surface area (Å²) in [5, 5.41) is 9.31. The van der Waals surface area contributed by atoms with Crippen LogP contribution in [0.1, 0.15) is 30.9 Å². The molecule has 2 saturated heterocycles. The lowest BCUT2D eigenvalue weighted by molar-refractivity contribution is 0.0342. The van der Waals surface area contributed by atoms with Crippen molar-refractivity contribution in [1.82, 2.24) is 4.90 Å². The quantitative estimate of drug-likeness (QED) is 0.486. The topological polar surface area (TPSA) is 71.5 Å². The molecule has 33 heavy (non-hydrogen) atoms. The monoisotopic (exact) mass is 454 g/mol. The fourth-order valence-corrected chi connectivity index (χ4v) is 4.78. The van der Waals surface area contributed by atoms with Gasteiger partial charge >= 0.3 is 6.16 Å². The minimum Gasteiger partial charge on any atom is -0.449 e. The Morgan fingerprint density at radius 3 is 2.36 bits per heavy atom. The number of hydrogen-bond donors (Lipinski definition) is 1. The molecule has 2 aliphatic rings. The van der Waals surface area contributed by atoms with Crippen LogP contribution in [0.5, 0.6) is 5.75 Å². The molecule has 2 heterocycles. The van der Waals surface area contributed by atoms with Crippen LogP contribution in [0.15, 0.2) is 36.4 Å². The highest BCUT2D eigenvalue weighted by Crippen LogP contribution is 2.37. The van der Waals surface area contributed by atoms with Crippen molar-refractivity contribution in [3.63, 3.8) is 0 Å². The molecule has 2 aromatic carbocycles. The first kappa shape index (κ1) is 23.5. The van der Waals surface area contributed by atoms with Gasteiger partial charge in [0.2, 0.25) is 0 Å². The van der Waals surface area contributed by atoms with Gasteiger partial charge in [-0.3, -0.25) is 4.90 Å². The van der Waals surface area contributed by atoms with Crippen LogP contribution in [0.3, 0.4) is 0 Å². The third kappa shape index (κ3) is 5.85. The van der Waals surface area contributed by atoms with Gasteiger partial charge in [-0.25, -0.2) is 4.79 Å². The Hall–Kier alpha value is -2.61. The van der Waals surface area contributed by atoms with E-state index in [0.717, 1.165) is 87.8 Å². The Labute approximate surface area is 195 Å². The summed E-state index contributed by atoms with van der Waals surface area (Å²) in [7, 11) is 0. The first-order valence-electron chi connectivity index (χ1n) is 11.8. The average Bonchev–Trinajstić information content (AvgIpc) is 2.83. The van der Waals surface area contributed by atoms with Gasteiger partial charge < -0.3 is 24.2 Å². The third-order valence-corrected chi connectivity index (χ3v) is 6.61. The van der Waals surface area contributed by atoms with Gasteiger partial charge in [-0.05, 0) is 55.5 Å². The largest absolute Gasteiger partial charge is 0.511 e. The molecule has 0 aliphatic carbocycles. The van der Waals surface area contributed by atoms with Crippen LogP contribution >= 0.6 is 0 Å². The molecule has 0 atom stereocenters. The summed E-state index contributed by atoms with van der Waals surface area (Å²) >= 11 is 0. The Morgan fingerprint density at radius 2 is 1.73 bits per heavy atom. The minimum absolute atomic E-state index is 0.367. The lowest BCUT2D eigenvalue weighted by Crippen LogP contribution is -2.39.